The fraction of sp³-hybridized carbons (Fsp3) is 0.0811. The van der Waals surface area contributed by atoms with Crippen molar-refractivity contribution in [1.29, 1.82) is 0 Å². The predicted octanol–water partition coefficient (Wildman–Crippen LogP) is 8.48. The average Bonchev–Trinajstić information content (AvgIpc) is 3.78. The number of carbonyl (C=O) groups is 3. The van der Waals surface area contributed by atoms with Crippen LogP contribution in [0.3, 0.4) is 0 Å². The monoisotopic (exact) mass is 658 g/mol. The summed E-state index contributed by atoms with van der Waals surface area (Å²) in [6.45, 7) is 1.95. The van der Waals surface area contributed by atoms with Crippen molar-refractivity contribution in [2.45, 2.75) is 23.5 Å². The molecule has 0 saturated heterocycles. The van der Waals surface area contributed by atoms with Crippen LogP contribution in [0.25, 0.3) is 28.6 Å². The molecule has 10 heteroatoms. The fourth-order valence-corrected chi connectivity index (χ4v) is 6.38. The van der Waals surface area contributed by atoms with Gasteiger partial charge in [0.05, 0.1) is 5.25 Å². The number of rotatable bonds is 11. The van der Waals surface area contributed by atoms with Gasteiger partial charge in [0.15, 0.2) is 5.58 Å². The number of thioether (sulfide) groups is 1. The Morgan fingerprint density at radius 3 is 2.38 bits per heavy atom. The highest BCUT2D eigenvalue weighted by Crippen LogP contribution is 2.30. The number of nitrogens with zero attached hydrogens (tertiary/aromatic N) is 1. The highest BCUT2D eigenvalue weighted by molar-refractivity contribution is 8.00. The molecule has 4 aromatic carbocycles. The highest BCUT2D eigenvalue weighted by Gasteiger charge is 2.20. The Morgan fingerprint density at radius 1 is 0.851 bits per heavy atom. The van der Waals surface area contributed by atoms with Crippen molar-refractivity contribution < 1.29 is 18.8 Å². The summed E-state index contributed by atoms with van der Waals surface area (Å²) in [6.07, 6.45) is 2.24. The molecule has 2 aromatic heterocycles. The number of fused-ring (bicyclic) bond motifs is 1. The van der Waals surface area contributed by atoms with Crippen molar-refractivity contribution in [2.24, 2.45) is 0 Å². The second kappa shape index (κ2) is 14.8. The average molecular weight is 659 g/mol. The minimum absolute atomic E-state index is 0.118. The van der Waals surface area contributed by atoms with Gasteiger partial charge in [-0.05, 0) is 90.7 Å². The largest absolute Gasteiger partial charge is 0.436 e. The zero-order valence-corrected chi connectivity index (χ0v) is 26.9. The van der Waals surface area contributed by atoms with Gasteiger partial charge in [-0.1, -0.05) is 49.4 Å². The molecule has 6 aromatic rings. The number of hydrogen-bond acceptors (Lipinski definition) is 7. The van der Waals surface area contributed by atoms with Crippen molar-refractivity contribution in [2.75, 3.05) is 10.6 Å². The lowest BCUT2D eigenvalue weighted by atomic mass is 10.2. The zero-order valence-electron chi connectivity index (χ0n) is 25.3. The van der Waals surface area contributed by atoms with Gasteiger partial charge in [-0.25, -0.2) is 4.98 Å². The number of thiophene rings is 1. The first-order valence-electron chi connectivity index (χ1n) is 14.9. The van der Waals surface area contributed by atoms with E-state index < -0.39 is 5.91 Å². The molecular weight excluding hydrogens is 629 g/mol. The van der Waals surface area contributed by atoms with Crippen molar-refractivity contribution in [3.63, 3.8) is 0 Å². The van der Waals surface area contributed by atoms with E-state index in [2.05, 4.69) is 20.9 Å². The first-order chi connectivity index (χ1) is 22.9. The molecule has 0 radical (unpaired) electrons. The topological polar surface area (TPSA) is 113 Å². The first-order valence-corrected chi connectivity index (χ1v) is 16.7. The molecule has 0 fully saturated rings. The number of para-hydroxylation sites is 2. The highest BCUT2D eigenvalue weighted by atomic mass is 32.2. The van der Waals surface area contributed by atoms with Crippen molar-refractivity contribution in [3.8, 4) is 11.5 Å². The molecular formula is C37H30N4O4S2. The molecule has 1 atom stereocenters. The normalized spacial score (nSPS) is 12.0. The van der Waals surface area contributed by atoms with Crippen LogP contribution < -0.4 is 16.0 Å². The van der Waals surface area contributed by atoms with Crippen LogP contribution in [-0.2, 0) is 9.59 Å². The molecule has 0 aliphatic rings. The van der Waals surface area contributed by atoms with Crippen LogP contribution >= 0.6 is 23.1 Å². The van der Waals surface area contributed by atoms with Crippen molar-refractivity contribution in [3.05, 3.63) is 137 Å². The summed E-state index contributed by atoms with van der Waals surface area (Å²) in [5.74, 6) is -0.460. The van der Waals surface area contributed by atoms with Gasteiger partial charge in [-0.2, -0.15) is 0 Å². The van der Waals surface area contributed by atoms with Gasteiger partial charge in [0.25, 0.3) is 11.8 Å². The summed E-state index contributed by atoms with van der Waals surface area (Å²) in [5.41, 5.74) is 4.08. The predicted molar refractivity (Wildman–Crippen MR) is 189 cm³/mol. The van der Waals surface area contributed by atoms with Crippen LogP contribution in [0.15, 0.2) is 136 Å². The van der Waals surface area contributed by atoms with Gasteiger partial charge in [-0.15, -0.1) is 23.1 Å². The molecule has 6 rings (SSSR count). The van der Waals surface area contributed by atoms with E-state index in [1.54, 1.807) is 36.4 Å². The van der Waals surface area contributed by atoms with Crippen molar-refractivity contribution >= 4 is 69.4 Å². The van der Waals surface area contributed by atoms with Crippen LogP contribution in [-0.4, -0.2) is 28.0 Å². The Labute approximate surface area is 279 Å². The van der Waals surface area contributed by atoms with Crippen LogP contribution in [0.4, 0.5) is 11.4 Å². The number of benzene rings is 4. The van der Waals surface area contributed by atoms with Gasteiger partial charge in [0.2, 0.25) is 11.8 Å². The quantitative estimate of drug-likeness (QED) is 0.0951. The minimum atomic E-state index is -0.462. The summed E-state index contributed by atoms with van der Waals surface area (Å²) < 4.78 is 5.85. The molecule has 2 heterocycles. The molecule has 0 aliphatic heterocycles. The van der Waals surface area contributed by atoms with Crippen LogP contribution in [0.2, 0.25) is 0 Å². The number of anilines is 2. The second-order valence-electron chi connectivity index (χ2n) is 10.4. The molecule has 234 valence electrons. The standard InChI is InChI=1S/C37H30N4O4S2/c1-2-33(36(44)38-26-19-17-25(18-20-26)37-41-30-15-6-7-16-32(30)45-37)47-29-13-8-12-27(22-29)39-35(43)31(23-28-14-9-21-46-28)40-34(42)24-10-4-3-5-11-24/h3-23,33H,2H2,1H3,(H,38,44)(H,39,43)(H,40,42)/b31-23-. The molecule has 47 heavy (non-hydrogen) atoms. The Bertz CT molecular complexity index is 2010. The number of amides is 3. The van der Waals surface area contributed by atoms with Crippen molar-refractivity contribution in [1.82, 2.24) is 10.3 Å². The molecule has 3 amide bonds. The Morgan fingerprint density at radius 2 is 1.64 bits per heavy atom. The lowest BCUT2D eigenvalue weighted by Gasteiger charge is -2.16. The molecule has 8 nitrogen and oxygen atoms in total. The lowest BCUT2D eigenvalue weighted by molar-refractivity contribution is -0.116. The number of aromatic nitrogens is 1. The second-order valence-corrected chi connectivity index (χ2v) is 12.7. The summed E-state index contributed by atoms with van der Waals surface area (Å²) >= 11 is 2.87. The third-order valence-electron chi connectivity index (χ3n) is 7.09. The van der Waals surface area contributed by atoms with Gasteiger partial charge in [0.1, 0.15) is 11.2 Å². The Kier molecular flexibility index (Phi) is 9.90. The SMILES string of the molecule is CCC(Sc1cccc(NC(=O)/C(=C/c2cccs2)NC(=O)c2ccccc2)c1)C(=O)Nc1ccc(-c2nc3ccccc3o2)cc1. The summed E-state index contributed by atoms with van der Waals surface area (Å²) in [4.78, 5) is 45.7. The van der Waals surface area contributed by atoms with Crippen LogP contribution in [0.5, 0.6) is 0 Å². The third kappa shape index (κ3) is 8.04. The Hall–Kier alpha value is -5.45. The van der Waals surface area contributed by atoms with Gasteiger partial charge in [0, 0.05) is 32.3 Å². The van der Waals surface area contributed by atoms with E-state index in [1.807, 2.05) is 97.2 Å². The van der Waals surface area contributed by atoms with E-state index in [-0.39, 0.29) is 22.8 Å². The molecule has 0 spiro atoms. The zero-order chi connectivity index (χ0) is 32.6. The maximum atomic E-state index is 13.4. The Balaban J connectivity index is 1.10. The summed E-state index contributed by atoms with van der Waals surface area (Å²) in [5, 5.41) is 10.2. The summed E-state index contributed by atoms with van der Waals surface area (Å²) in [7, 11) is 0. The first kappa shape index (κ1) is 31.5. The minimum Gasteiger partial charge on any atom is -0.436 e. The van der Waals surface area contributed by atoms with E-state index >= 15 is 0 Å². The van der Waals surface area contributed by atoms with E-state index in [0.717, 1.165) is 26.4 Å². The van der Waals surface area contributed by atoms with Crippen LogP contribution in [0.1, 0.15) is 28.6 Å². The van der Waals surface area contributed by atoms with Crippen LogP contribution in [0, 0.1) is 0 Å². The maximum absolute atomic E-state index is 13.4. The number of oxazole rings is 1. The molecule has 3 N–H and O–H groups in total. The molecule has 1 unspecified atom stereocenters. The third-order valence-corrected chi connectivity index (χ3v) is 9.26. The molecule has 0 saturated carbocycles. The smallest absolute Gasteiger partial charge is 0.272 e. The maximum Gasteiger partial charge on any atom is 0.272 e. The lowest BCUT2D eigenvalue weighted by Crippen LogP contribution is -2.30. The van der Waals surface area contributed by atoms with E-state index in [4.69, 9.17) is 4.42 Å². The molecule has 0 aliphatic carbocycles. The van der Waals surface area contributed by atoms with Gasteiger partial charge in [-0.3, -0.25) is 14.4 Å². The van der Waals surface area contributed by atoms with E-state index in [0.29, 0.717) is 29.2 Å². The number of carbonyl (C=O) groups excluding carboxylic acids is 3. The van der Waals surface area contributed by atoms with E-state index in [1.165, 1.54) is 23.1 Å². The number of nitrogens with one attached hydrogen (secondary N) is 3. The van der Waals surface area contributed by atoms with Gasteiger partial charge >= 0.3 is 0 Å². The molecule has 0 bridgehead atoms. The van der Waals surface area contributed by atoms with E-state index in [9.17, 15) is 14.4 Å². The van der Waals surface area contributed by atoms with Gasteiger partial charge < -0.3 is 20.4 Å². The summed E-state index contributed by atoms with van der Waals surface area (Å²) in [6, 6.07) is 34.7. The fourth-order valence-electron chi connectivity index (χ4n) is 4.70. The number of hydrogen-bond donors (Lipinski definition) is 3.